The summed E-state index contributed by atoms with van der Waals surface area (Å²) in [6, 6.07) is -0.487. The molecule has 34 heavy (non-hydrogen) atoms. The molecule has 2 amide bonds. The van der Waals surface area contributed by atoms with Crippen molar-refractivity contribution in [2.45, 2.75) is 91.1 Å². The molecule has 0 aromatic heterocycles. The largest absolute Gasteiger partial charge is 0.481 e. The molecular formula is C25H37BrN2O5S. The third kappa shape index (κ3) is 4.45. The Labute approximate surface area is 214 Å². The molecule has 1 spiro atoms. The summed E-state index contributed by atoms with van der Waals surface area (Å²) in [6.45, 7) is 4.95. The van der Waals surface area contributed by atoms with Crippen LogP contribution in [0.15, 0.2) is 12.7 Å². The van der Waals surface area contributed by atoms with Crippen molar-refractivity contribution in [3.63, 3.8) is 0 Å². The summed E-state index contributed by atoms with van der Waals surface area (Å²) >= 11 is 5.27. The van der Waals surface area contributed by atoms with Gasteiger partial charge in [0.15, 0.2) is 0 Å². The van der Waals surface area contributed by atoms with Crippen LogP contribution < -0.4 is 0 Å². The minimum atomic E-state index is -0.937. The molecule has 4 rings (SSSR count). The van der Waals surface area contributed by atoms with Gasteiger partial charge in [0.1, 0.15) is 6.04 Å². The van der Waals surface area contributed by atoms with Crippen LogP contribution >= 0.6 is 27.7 Å². The van der Waals surface area contributed by atoms with Gasteiger partial charge in [0.25, 0.3) is 0 Å². The number of rotatable bonds is 11. The second-order valence-electron chi connectivity index (χ2n) is 10.2. The molecule has 4 fully saturated rings. The lowest BCUT2D eigenvalue weighted by Crippen LogP contribution is -2.57. The zero-order chi connectivity index (χ0) is 24.5. The lowest BCUT2D eigenvalue weighted by atomic mass is 9.71. The highest BCUT2D eigenvalue weighted by Crippen LogP contribution is 2.67. The predicted molar refractivity (Wildman–Crippen MR) is 136 cm³/mol. The number of halogens is 1. The Kier molecular flexibility index (Phi) is 8.35. The molecular weight excluding hydrogens is 520 g/mol. The van der Waals surface area contributed by atoms with E-state index in [9.17, 15) is 19.5 Å². The lowest BCUT2D eigenvalue weighted by molar-refractivity contribution is -0.148. The Bertz CT molecular complexity index is 806. The number of aliphatic hydroxyl groups excluding tert-OH is 1. The smallest absolute Gasteiger partial charge is 0.308 e. The fourth-order valence-corrected chi connectivity index (χ4v) is 10.4. The van der Waals surface area contributed by atoms with Crippen molar-refractivity contribution in [3.05, 3.63) is 12.7 Å². The Hall–Kier alpha value is -1.06. The van der Waals surface area contributed by atoms with Gasteiger partial charge in [0, 0.05) is 35.8 Å². The summed E-state index contributed by atoms with van der Waals surface area (Å²) in [4.78, 5) is 44.0. The summed E-state index contributed by atoms with van der Waals surface area (Å²) in [5, 5.41) is 18.9. The van der Waals surface area contributed by atoms with Crippen LogP contribution in [0.5, 0.6) is 0 Å². The van der Waals surface area contributed by atoms with Crippen LogP contribution in [0.3, 0.4) is 0 Å². The van der Waals surface area contributed by atoms with Crippen molar-refractivity contribution in [1.29, 1.82) is 0 Å². The van der Waals surface area contributed by atoms with E-state index in [1.54, 1.807) is 22.7 Å². The molecule has 0 radical (unpaired) electrons. The monoisotopic (exact) mass is 556 g/mol. The quantitative estimate of drug-likeness (QED) is 0.230. The number of amides is 2. The first-order chi connectivity index (χ1) is 16.4. The first-order valence-electron chi connectivity index (χ1n) is 12.7. The average molecular weight is 558 g/mol. The molecule has 9 heteroatoms. The zero-order valence-electron chi connectivity index (χ0n) is 19.7. The van der Waals surface area contributed by atoms with Crippen molar-refractivity contribution in [2.24, 2.45) is 11.8 Å². The number of thioether (sulfide) groups is 1. The molecule has 0 aromatic carbocycles. The standard InChI is InChI=1S/C25H37BrN2O5S/c1-2-12-27(16-10-6-5-7-11-16)23(31)21-25-15-17(26)20(34-25)18(24(32)33)19(25)22(30)28(21)13-8-3-4-9-14-29/h2,16-21,29H,1,3-15H2,(H,32,33)/t17?,18-,19+,20-,21?,25?/m1/s1. The number of aliphatic hydroxyl groups is 1. The maximum atomic E-state index is 14.3. The first-order valence-corrected chi connectivity index (χ1v) is 14.5. The molecule has 6 atom stereocenters. The van der Waals surface area contributed by atoms with Gasteiger partial charge < -0.3 is 20.0 Å². The summed E-state index contributed by atoms with van der Waals surface area (Å²) < 4.78 is -0.699. The molecule has 2 bridgehead atoms. The fraction of sp³-hybridized carbons (Fsp3) is 0.800. The number of alkyl halides is 1. The molecule has 2 N–H and O–H groups in total. The Morgan fingerprint density at radius 1 is 1.21 bits per heavy atom. The van der Waals surface area contributed by atoms with Crippen molar-refractivity contribution in [2.75, 3.05) is 19.7 Å². The number of aliphatic carboxylic acids is 1. The van der Waals surface area contributed by atoms with E-state index in [4.69, 9.17) is 5.11 Å². The van der Waals surface area contributed by atoms with Gasteiger partial charge in [-0.2, -0.15) is 0 Å². The average Bonchev–Trinajstić information content (AvgIpc) is 3.41. The summed E-state index contributed by atoms with van der Waals surface area (Å²) in [5.74, 6) is -2.56. The molecule has 3 unspecified atom stereocenters. The maximum absolute atomic E-state index is 14.3. The number of fused-ring (bicyclic) bond motifs is 1. The maximum Gasteiger partial charge on any atom is 0.308 e. The number of carbonyl (C=O) groups is 3. The van der Waals surface area contributed by atoms with Crippen molar-refractivity contribution >= 4 is 45.5 Å². The van der Waals surface area contributed by atoms with Crippen molar-refractivity contribution in [3.8, 4) is 0 Å². The van der Waals surface area contributed by atoms with E-state index in [-0.39, 0.29) is 34.5 Å². The zero-order valence-corrected chi connectivity index (χ0v) is 22.1. The van der Waals surface area contributed by atoms with Gasteiger partial charge in [0.2, 0.25) is 11.8 Å². The van der Waals surface area contributed by atoms with Crippen LogP contribution in [0.2, 0.25) is 0 Å². The highest BCUT2D eigenvalue weighted by atomic mass is 79.9. The number of carboxylic acid groups (broad SMARTS) is 1. The second-order valence-corrected chi connectivity index (χ2v) is 13.0. The lowest BCUT2D eigenvalue weighted by Gasteiger charge is -2.41. The van der Waals surface area contributed by atoms with Gasteiger partial charge >= 0.3 is 5.97 Å². The van der Waals surface area contributed by atoms with Crippen LogP contribution in [0.1, 0.15) is 64.2 Å². The molecule has 3 heterocycles. The molecule has 0 aromatic rings. The van der Waals surface area contributed by atoms with Crippen LogP contribution in [0.4, 0.5) is 0 Å². The fourth-order valence-electron chi connectivity index (χ4n) is 6.79. The van der Waals surface area contributed by atoms with E-state index in [0.717, 1.165) is 51.4 Å². The molecule has 4 aliphatic rings. The molecule has 7 nitrogen and oxygen atoms in total. The van der Waals surface area contributed by atoms with E-state index in [1.807, 2.05) is 4.90 Å². The SMILES string of the molecule is C=CCN(C(=O)C1N(CCCCCCO)C(=O)[C@@H]2[C@@H](C(=O)O)[C@@H]3SC12CC3Br)C1CCCCC1. The number of likely N-dealkylation sites (tertiary alicyclic amines) is 1. The van der Waals surface area contributed by atoms with Gasteiger partial charge in [-0.1, -0.05) is 54.1 Å². The molecule has 1 saturated carbocycles. The highest BCUT2D eigenvalue weighted by molar-refractivity contribution is 9.09. The van der Waals surface area contributed by atoms with E-state index in [0.29, 0.717) is 19.5 Å². The van der Waals surface area contributed by atoms with E-state index in [2.05, 4.69) is 22.5 Å². The number of carbonyl (C=O) groups excluding carboxylic acids is 2. The second kappa shape index (κ2) is 10.9. The molecule has 190 valence electrons. The van der Waals surface area contributed by atoms with Crippen molar-refractivity contribution < 1.29 is 24.6 Å². The first kappa shape index (κ1) is 26.0. The van der Waals surface area contributed by atoms with Crippen LogP contribution in [0.25, 0.3) is 0 Å². The van der Waals surface area contributed by atoms with Gasteiger partial charge in [0.05, 0.1) is 16.6 Å². The third-order valence-corrected chi connectivity index (χ3v) is 11.5. The molecule has 3 saturated heterocycles. The third-order valence-electron chi connectivity index (χ3n) is 8.24. The Morgan fingerprint density at radius 2 is 1.91 bits per heavy atom. The van der Waals surface area contributed by atoms with Gasteiger partial charge in [-0.25, -0.2) is 0 Å². The highest BCUT2D eigenvalue weighted by Gasteiger charge is 2.76. The number of unbranched alkanes of at least 4 members (excludes halogenated alkanes) is 3. The van der Waals surface area contributed by atoms with E-state index < -0.39 is 28.6 Å². The summed E-state index contributed by atoms with van der Waals surface area (Å²) in [7, 11) is 0. The van der Waals surface area contributed by atoms with Gasteiger partial charge in [-0.15, -0.1) is 18.3 Å². The number of hydrogen-bond donors (Lipinski definition) is 2. The van der Waals surface area contributed by atoms with E-state index in [1.165, 1.54) is 6.42 Å². The number of hydrogen-bond acceptors (Lipinski definition) is 5. The summed E-state index contributed by atoms with van der Waals surface area (Å²) in [5.41, 5.74) is 0. The minimum Gasteiger partial charge on any atom is -0.481 e. The minimum absolute atomic E-state index is 0.0232. The Morgan fingerprint density at radius 3 is 2.56 bits per heavy atom. The normalized spacial score (nSPS) is 34.9. The predicted octanol–water partition coefficient (Wildman–Crippen LogP) is 3.44. The van der Waals surface area contributed by atoms with Crippen molar-refractivity contribution in [1.82, 2.24) is 9.80 Å². The van der Waals surface area contributed by atoms with E-state index >= 15 is 0 Å². The van der Waals surface area contributed by atoms with Crippen LogP contribution in [0, 0.1) is 11.8 Å². The molecule has 3 aliphatic heterocycles. The topological polar surface area (TPSA) is 98.2 Å². The van der Waals surface area contributed by atoms with Crippen LogP contribution in [-0.4, -0.2) is 84.4 Å². The van der Waals surface area contributed by atoms with Gasteiger partial charge in [-0.3, -0.25) is 14.4 Å². The Balaban J connectivity index is 1.66. The number of nitrogens with zero attached hydrogens (tertiary/aromatic N) is 2. The van der Waals surface area contributed by atoms with Crippen LogP contribution in [-0.2, 0) is 14.4 Å². The number of carboxylic acids is 1. The van der Waals surface area contributed by atoms with Gasteiger partial charge in [-0.05, 0) is 32.1 Å². The summed E-state index contributed by atoms with van der Waals surface area (Å²) in [6.07, 6.45) is 10.9. The molecule has 1 aliphatic carbocycles.